The molecule has 0 aliphatic heterocycles. The number of ether oxygens (including phenoxy) is 1. The zero-order chi connectivity index (χ0) is 17.1. The summed E-state index contributed by atoms with van der Waals surface area (Å²) in [6, 6.07) is 15.6. The summed E-state index contributed by atoms with van der Waals surface area (Å²) in [6.45, 7) is 2.13. The van der Waals surface area contributed by atoms with Gasteiger partial charge in [0.15, 0.2) is 0 Å². The maximum atomic E-state index is 12.3. The van der Waals surface area contributed by atoms with Gasteiger partial charge in [0.1, 0.15) is 5.69 Å². The molecule has 122 valence electrons. The summed E-state index contributed by atoms with van der Waals surface area (Å²) in [5.74, 6) is -0.355. The molecule has 24 heavy (non-hydrogen) atoms. The number of hydrogen-bond donors (Lipinski definition) is 1. The maximum absolute atomic E-state index is 12.3. The van der Waals surface area contributed by atoms with E-state index in [0.717, 1.165) is 25.8 Å². The molecule has 0 spiro atoms. The molecule has 0 bridgehead atoms. The Balaban J connectivity index is 2.17. The Hall–Kier alpha value is -1.79. The van der Waals surface area contributed by atoms with Crippen molar-refractivity contribution in [3.05, 3.63) is 69.0 Å². The van der Waals surface area contributed by atoms with Crippen LogP contribution in [-0.2, 0) is 4.74 Å². The minimum Gasteiger partial charge on any atom is -0.461 e. The molecular weight excluding hydrogens is 437 g/mol. The van der Waals surface area contributed by atoms with Crippen molar-refractivity contribution in [3.63, 3.8) is 0 Å². The van der Waals surface area contributed by atoms with Gasteiger partial charge in [-0.1, -0.05) is 35.9 Å². The first-order chi connectivity index (χ1) is 11.6. The van der Waals surface area contributed by atoms with Crippen molar-refractivity contribution in [2.75, 3.05) is 6.61 Å². The predicted octanol–water partition coefficient (Wildman–Crippen LogP) is 5.78. The van der Waals surface area contributed by atoms with Gasteiger partial charge in [0.2, 0.25) is 0 Å². The Kier molecular flexibility index (Phi) is 5.26. The number of rotatable bonds is 4. The molecule has 0 atom stereocenters. The van der Waals surface area contributed by atoms with Crippen molar-refractivity contribution in [2.45, 2.75) is 6.92 Å². The van der Waals surface area contributed by atoms with E-state index in [9.17, 15) is 4.79 Å². The summed E-state index contributed by atoms with van der Waals surface area (Å²) in [7, 11) is 0. The minimum absolute atomic E-state index is 0.334. The molecule has 0 saturated heterocycles. The van der Waals surface area contributed by atoms with E-state index in [0.29, 0.717) is 17.3 Å². The molecule has 5 heteroatoms. The third kappa shape index (κ3) is 3.49. The maximum Gasteiger partial charge on any atom is 0.355 e. The number of H-pyrrole nitrogens is 1. The Morgan fingerprint density at radius 3 is 2.33 bits per heavy atom. The smallest absolute Gasteiger partial charge is 0.355 e. The molecule has 0 fully saturated rings. The van der Waals surface area contributed by atoms with Crippen molar-refractivity contribution in [3.8, 4) is 22.3 Å². The van der Waals surface area contributed by atoms with Gasteiger partial charge in [0.25, 0.3) is 0 Å². The molecule has 0 unspecified atom stereocenters. The number of esters is 1. The van der Waals surface area contributed by atoms with Crippen LogP contribution in [0.2, 0.25) is 5.02 Å². The fraction of sp³-hybridized carbons (Fsp3) is 0.105. The van der Waals surface area contributed by atoms with Gasteiger partial charge >= 0.3 is 5.97 Å². The van der Waals surface area contributed by atoms with E-state index in [2.05, 4.69) is 27.6 Å². The third-order valence-corrected chi connectivity index (χ3v) is 4.62. The first-order valence-electron chi connectivity index (χ1n) is 7.50. The third-order valence-electron chi connectivity index (χ3n) is 3.65. The van der Waals surface area contributed by atoms with E-state index in [4.69, 9.17) is 16.3 Å². The van der Waals surface area contributed by atoms with Crippen molar-refractivity contribution >= 4 is 40.2 Å². The highest BCUT2D eigenvalue weighted by atomic mass is 127. The van der Waals surface area contributed by atoms with Crippen molar-refractivity contribution in [1.82, 2.24) is 4.98 Å². The topological polar surface area (TPSA) is 42.1 Å². The van der Waals surface area contributed by atoms with Crippen LogP contribution in [0, 0.1) is 3.57 Å². The summed E-state index contributed by atoms with van der Waals surface area (Å²) < 4.78 is 6.33. The van der Waals surface area contributed by atoms with Gasteiger partial charge < -0.3 is 9.72 Å². The number of nitrogens with one attached hydrogen (secondary N) is 1. The quantitative estimate of drug-likeness (QED) is 0.403. The SMILES string of the molecule is CCOC(=O)c1[nH]cc(-c2ccc(Cl)cc2)c1-c1ccc(I)cc1. The van der Waals surface area contributed by atoms with Crippen LogP contribution in [-0.4, -0.2) is 17.6 Å². The highest BCUT2D eigenvalue weighted by molar-refractivity contribution is 14.1. The second kappa shape index (κ2) is 7.40. The van der Waals surface area contributed by atoms with E-state index < -0.39 is 0 Å². The van der Waals surface area contributed by atoms with Crippen LogP contribution in [0.3, 0.4) is 0 Å². The van der Waals surface area contributed by atoms with Crippen molar-refractivity contribution < 1.29 is 9.53 Å². The van der Waals surface area contributed by atoms with E-state index in [1.54, 1.807) is 6.92 Å². The standard InChI is InChI=1S/C19H15ClINO2/c1-2-24-19(23)18-17(13-5-9-15(21)10-6-13)16(11-22-18)12-3-7-14(20)8-4-12/h3-11,22H,2H2,1H3. The Morgan fingerprint density at radius 1 is 1.08 bits per heavy atom. The minimum atomic E-state index is -0.355. The molecule has 0 aliphatic rings. The largest absolute Gasteiger partial charge is 0.461 e. The van der Waals surface area contributed by atoms with E-state index >= 15 is 0 Å². The Bertz CT molecular complexity index is 854. The predicted molar refractivity (Wildman–Crippen MR) is 105 cm³/mol. The second-order valence-electron chi connectivity index (χ2n) is 5.19. The molecule has 0 amide bonds. The summed E-state index contributed by atoms with van der Waals surface area (Å²) >= 11 is 8.25. The zero-order valence-corrected chi connectivity index (χ0v) is 15.9. The molecule has 3 aromatic rings. The molecule has 3 nitrogen and oxygen atoms in total. The lowest BCUT2D eigenvalue weighted by atomic mass is 9.97. The highest BCUT2D eigenvalue weighted by Gasteiger charge is 2.21. The van der Waals surface area contributed by atoms with Crippen LogP contribution in [0.15, 0.2) is 54.7 Å². The average molecular weight is 452 g/mol. The Labute approximate surface area is 159 Å². The molecule has 2 aromatic carbocycles. The lowest BCUT2D eigenvalue weighted by molar-refractivity contribution is 0.0521. The molecular formula is C19H15ClINO2. The van der Waals surface area contributed by atoms with Crippen molar-refractivity contribution in [1.29, 1.82) is 0 Å². The van der Waals surface area contributed by atoms with E-state index in [-0.39, 0.29) is 5.97 Å². The number of halogens is 2. The number of aromatic nitrogens is 1. The Morgan fingerprint density at radius 2 is 1.71 bits per heavy atom. The van der Waals surface area contributed by atoms with Gasteiger partial charge in [-0.25, -0.2) is 4.79 Å². The molecule has 0 radical (unpaired) electrons. The second-order valence-corrected chi connectivity index (χ2v) is 6.87. The lowest BCUT2D eigenvalue weighted by Gasteiger charge is -2.08. The number of carbonyl (C=O) groups is 1. The normalized spacial score (nSPS) is 10.6. The van der Waals surface area contributed by atoms with Gasteiger partial charge in [-0.2, -0.15) is 0 Å². The fourth-order valence-electron chi connectivity index (χ4n) is 2.56. The first kappa shape index (κ1) is 17.0. The molecule has 3 rings (SSSR count). The van der Waals surface area contributed by atoms with E-state index in [1.807, 2.05) is 54.7 Å². The van der Waals surface area contributed by atoms with Gasteiger partial charge in [-0.15, -0.1) is 0 Å². The zero-order valence-electron chi connectivity index (χ0n) is 13.0. The van der Waals surface area contributed by atoms with Crippen LogP contribution in [0.4, 0.5) is 0 Å². The highest BCUT2D eigenvalue weighted by Crippen LogP contribution is 2.36. The lowest BCUT2D eigenvalue weighted by Crippen LogP contribution is -2.06. The monoisotopic (exact) mass is 451 g/mol. The summed E-state index contributed by atoms with van der Waals surface area (Å²) in [6.07, 6.45) is 1.84. The van der Waals surface area contributed by atoms with Crippen LogP contribution >= 0.6 is 34.2 Å². The molecule has 0 aliphatic carbocycles. The fourth-order valence-corrected chi connectivity index (χ4v) is 3.05. The van der Waals surface area contributed by atoms with Crippen LogP contribution in [0.25, 0.3) is 22.3 Å². The molecule has 0 saturated carbocycles. The van der Waals surface area contributed by atoms with Crippen LogP contribution in [0.1, 0.15) is 17.4 Å². The molecule has 1 N–H and O–H groups in total. The van der Waals surface area contributed by atoms with E-state index in [1.165, 1.54) is 0 Å². The number of benzene rings is 2. The van der Waals surface area contributed by atoms with Gasteiger partial charge in [0.05, 0.1) is 6.61 Å². The number of hydrogen-bond acceptors (Lipinski definition) is 2. The van der Waals surface area contributed by atoms with Gasteiger partial charge in [0, 0.05) is 25.9 Å². The van der Waals surface area contributed by atoms with Gasteiger partial charge in [-0.3, -0.25) is 0 Å². The molecule has 1 aromatic heterocycles. The summed E-state index contributed by atoms with van der Waals surface area (Å²) in [4.78, 5) is 15.4. The van der Waals surface area contributed by atoms with Crippen LogP contribution < -0.4 is 0 Å². The molecule has 1 heterocycles. The van der Waals surface area contributed by atoms with Gasteiger partial charge in [-0.05, 0) is 64.9 Å². The van der Waals surface area contributed by atoms with Crippen molar-refractivity contribution in [2.24, 2.45) is 0 Å². The number of aromatic amines is 1. The van der Waals surface area contributed by atoms with Crippen LogP contribution in [0.5, 0.6) is 0 Å². The summed E-state index contributed by atoms with van der Waals surface area (Å²) in [5, 5.41) is 0.677. The number of carbonyl (C=O) groups excluding carboxylic acids is 1. The average Bonchev–Trinajstić information content (AvgIpc) is 3.01. The first-order valence-corrected chi connectivity index (χ1v) is 8.96. The summed E-state index contributed by atoms with van der Waals surface area (Å²) in [5.41, 5.74) is 4.19.